The first kappa shape index (κ1) is 14.8. The van der Waals surface area contributed by atoms with Crippen LogP contribution in [0.3, 0.4) is 0 Å². The smallest absolute Gasteiger partial charge is 0.261 e. The van der Waals surface area contributed by atoms with Crippen LogP contribution in [0, 0.1) is 5.92 Å². The Balaban J connectivity index is 2.29. The Bertz CT molecular complexity index is 613. The molecule has 1 aliphatic carbocycles. The maximum absolute atomic E-state index is 12.3. The highest BCUT2D eigenvalue weighted by atomic mass is 79.9. The largest absolute Gasteiger partial charge is 0.341 e. The molecule has 1 aromatic carbocycles. The molecule has 1 aromatic rings. The lowest BCUT2D eigenvalue weighted by molar-refractivity contribution is 0.0787. The van der Waals surface area contributed by atoms with Crippen LogP contribution in [-0.4, -0.2) is 32.8 Å². The zero-order valence-electron chi connectivity index (χ0n) is 10.3. The van der Waals surface area contributed by atoms with Crippen LogP contribution >= 0.6 is 26.6 Å². The summed E-state index contributed by atoms with van der Waals surface area (Å²) in [5, 5.41) is 0. The van der Waals surface area contributed by atoms with Gasteiger partial charge in [-0.2, -0.15) is 0 Å². The fourth-order valence-electron chi connectivity index (χ4n) is 1.80. The van der Waals surface area contributed by atoms with Gasteiger partial charge in [0.1, 0.15) is 0 Å². The van der Waals surface area contributed by atoms with Gasteiger partial charge in [0.05, 0.1) is 10.5 Å². The predicted molar refractivity (Wildman–Crippen MR) is 76.9 cm³/mol. The zero-order valence-corrected chi connectivity index (χ0v) is 13.4. The zero-order chi connectivity index (χ0) is 14.2. The number of rotatable bonds is 4. The third-order valence-corrected chi connectivity index (χ3v) is 5.07. The van der Waals surface area contributed by atoms with Gasteiger partial charge in [-0.05, 0) is 52.9 Å². The Morgan fingerprint density at radius 2 is 2.11 bits per heavy atom. The van der Waals surface area contributed by atoms with E-state index in [-0.39, 0.29) is 10.8 Å². The standard InChI is InChI=1S/C12H13BrClNO3S/c1-15(7-8-2-3-8)12(16)10-6-9(19(14,17)18)4-5-11(10)13/h4-6,8H,2-3,7H2,1H3. The van der Waals surface area contributed by atoms with Crippen molar-refractivity contribution in [1.82, 2.24) is 4.90 Å². The molecule has 7 heteroatoms. The van der Waals surface area contributed by atoms with E-state index in [0.717, 1.165) is 12.8 Å². The molecule has 0 saturated heterocycles. The maximum atomic E-state index is 12.3. The maximum Gasteiger partial charge on any atom is 0.261 e. The van der Waals surface area contributed by atoms with Gasteiger partial charge in [0, 0.05) is 28.7 Å². The summed E-state index contributed by atoms with van der Waals surface area (Å²) >= 11 is 3.26. The Morgan fingerprint density at radius 3 is 2.63 bits per heavy atom. The Morgan fingerprint density at radius 1 is 1.47 bits per heavy atom. The summed E-state index contributed by atoms with van der Waals surface area (Å²) in [5.74, 6) is 0.369. The molecule has 104 valence electrons. The number of nitrogens with zero attached hydrogens (tertiary/aromatic N) is 1. The molecule has 1 aliphatic rings. The van der Waals surface area contributed by atoms with Crippen molar-refractivity contribution in [2.24, 2.45) is 5.92 Å². The van der Waals surface area contributed by atoms with Gasteiger partial charge in [-0.15, -0.1) is 0 Å². The first-order valence-electron chi connectivity index (χ1n) is 5.78. The van der Waals surface area contributed by atoms with Crippen molar-refractivity contribution >= 4 is 41.6 Å². The molecule has 1 amide bonds. The Labute approximate surface area is 125 Å². The number of halogens is 2. The van der Waals surface area contributed by atoms with Gasteiger partial charge >= 0.3 is 0 Å². The first-order valence-corrected chi connectivity index (χ1v) is 8.89. The van der Waals surface area contributed by atoms with E-state index in [1.54, 1.807) is 11.9 Å². The van der Waals surface area contributed by atoms with E-state index < -0.39 is 9.05 Å². The van der Waals surface area contributed by atoms with Crippen molar-refractivity contribution in [3.8, 4) is 0 Å². The molecule has 0 aromatic heterocycles. The first-order chi connectivity index (χ1) is 8.79. The number of amides is 1. The molecular formula is C12H13BrClNO3S. The number of hydrogen-bond donors (Lipinski definition) is 0. The minimum absolute atomic E-state index is 0.0689. The van der Waals surface area contributed by atoms with E-state index in [0.29, 0.717) is 22.5 Å². The molecule has 19 heavy (non-hydrogen) atoms. The molecule has 0 heterocycles. The molecule has 2 rings (SSSR count). The Hall–Kier alpha value is -0.590. The summed E-state index contributed by atoms with van der Waals surface area (Å²) in [5.41, 5.74) is 0.310. The highest BCUT2D eigenvalue weighted by Crippen LogP contribution is 2.30. The quantitative estimate of drug-likeness (QED) is 0.770. The van der Waals surface area contributed by atoms with Crippen LogP contribution in [0.2, 0.25) is 0 Å². The van der Waals surface area contributed by atoms with Crippen molar-refractivity contribution < 1.29 is 13.2 Å². The van der Waals surface area contributed by atoms with Crippen LogP contribution in [0.25, 0.3) is 0 Å². The van der Waals surface area contributed by atoms with Gasteiger partial charge in [-0.25, -0.2) is 8.42 Å². The average Bonchev–Trinajstić information content (AvgIpc) is 3.11. The molecule has 0 bridgehead atoms. The monoisotopic (exact) mass is 365 g/mol. The molecule has 0 radical (unpaired) electrons. The van der Waals surface area contributed by atoms with Crippen LogP contribution in [0.5, 0.6) is 0 Å². The fraction of sp³-hybridized carbons (Fsp3) is 0.417. The van der Waals surface area contributed by atoms with Crippen LogP contribution < -0.4 is 0 Å². The molecule has 1 saturated carbocycles. The van der Waals surface area contributed by atoms with E-state index in [9.17, 15) is 13.2 Å². The van der Waals surface area contributed by atoms with E-state index in [2.05, 4.69) is 15.9 Å². The third-order valence-electron chi connectivity index (χ3n) is 3.03. The van der Waals surface area contributed by atoms with Gasteiger partial charge in [0.25, 0.3) is 15.0 Å². The molecule has 0 spiro atoms. The van der Waals surface area contributed by atoms with Gasteiger partial charge < -0.3 is 4.90 Å². The number of benzene rings is 1. The van der Waals surface area contributed by atoms with Crippen molar-refractivity contribution in [1.29, 1.82) is 0 Å². The molecular weight excluding hydrogens is 354 g/mol. The van der Waals surface area contributed by atoms with Crippen LogP contribution in [0.15, 0.2) is 27.6 Å². The van der Waals surface area contributed by atoms with Crippen molar-refractivity contribution in [2.75, 3.05) is 13.6 Å². The van der Waals surface area contributed by atoms with E-state index in [1.165, 1.54) is 18.2 Å². The van der Waals surface area contributed by atoms with E-state index in [1.807, 2.05) is 0 Å². The van der Waals surface area contributed by atoms with Crippen LogP contribution in [0.4, 0.5) is 0 Å². The predicted octanol–water partition coefficient (Wildman–Crippen LogP) is 2.86. The fourth-order valence-corrected chi connectivity index (χ4v) is 2.99. The highest BCUT2D eigenvalue weighted by Gasteiger charge is 2.26. The van der Waals surface area contributed by atoms with Crippen LogP contribution in [-0.2, 0) is 9.05 Å². The lowest BCUT2D eigenvalue weighted by atomic mass is 10.2. The number of carbonyl (C=O) groups is 1. The summed E-state index contributed by atoms with van der Waals surface area (Å²) in [4.78, 5) is 13.8. The topological polar surface area (TPSA) is 54.5 Å². The van der Waals surface area contributed by atoms with E-state index >= 15 is 0 Å². The summed E-state index contributed by atoms with van der Waals surface area (Å²) in [6.45, 7) is 0.698. The second-order valence-electron chi connectivity index (χ2n) is 4.71. The van der Waals surface area contributed by atoms with Crippen molar-refractivity contribution in [2.45, 2.75) is 17.7 Å². The van der Waals surface area contributed by atoms with Crippen LogP contribution in [0.1, 0.15) is 23.2 Å². The molecule has 0 N–H and O–H groups in total. The lowest BCUT2D eigenvalue weighted by Crippen LogP contribution is -2.29. The van der Waals surface area contributed by atoms with Crippen molar-refractivity contribution in [3.05, 3.63) is 28.2 Å². The van der Waals surface area contributed by atoms with Gasteiger partial charge in [0.15, 0.2) is 0 Å². The molecule has 4 nitrogen and oxygen atoms in total. The summed E-state index contributed by atoms with van der Waals surface area (Å²) in [6.07, 6.45) is 2.30. The SMILES string of the molecule is CN(CC1CC1)C(=O)c1cc(S(=O)(=O)Cl)ccc1Br. The minimum Gasteiger partial charge on any atom is -0.341 e. The molecule has 0 atom stereocenters. The van der Waals surface area contributed by atoms with Crippen molar-refractivity contribution in [3.63, 3.8) is 0 Å². The Kier molecular flexibility index (Phi) is 4.23. The van der Waals surface area contributed by atoms with Gasteiger partial charge in [-0.3, -0.25) is 4.79 Å². The summed E-state index contributed by atoms with van der Waals surface area (Å²) in [6, 6.07) is 4.19. The average molecular weight is 367 g/mol. The normalized spacial score (nSPS) is 15.3. The third kappa shape index (κ3) is 3.70. The number of hydrogen-bond acceptors (Lipinski definition) is 3. The van der Waals surface area contributed by atoms with Gasteiger partial charge in [-0.1, -0.05) is 0 Å². The highest BCUT2D eigenvalue weighted by molar-refractivity contribution is 9.10. The molecule has 0 unspecified atom stereocenters. The summed E-state index contributed by atoms with van der Waals surface area (Å²) in [7, 11) is 3.18. The second kappa shape index (κ2) is 5.42. The summed E-state index contributed by atoms with van der Waals surface area (Å²) < 4.78 is 23.2. The molecule has 0 aliphatic heterocycles. The number of carbonyl (C=O) groups excluding carboxylic acids is 1. The minimum atomic E-state index is -3.83. The lowest BCUT2D eigenvalue weighted by Gasteiger charge is -2.18. The molecule has 1 fully saturated rings. The second-order valence-corrected chi connectivity index (χ2v) is 8.13. The van der Waals surface area contributed by atoms with Gasteiger partial charge in [0.2, 0.25) is 0 Å². The van der Waals surface area contributed by atoms with E-state index in [4.69, 9.17) is 10.7 Å².